The Kier molecular flexibility index (Phi) is 14.1. The first-order valence-corrected chi connectivity index (χ1v) is 12.4. The maximum atomic E-state index is 11.7. The summed E-state index contributed by atoms with van der Waals surface area (Å²) < 4.78 is 5.06. The standard InChI is InChI=1S/C30H42O5/c1-22(2)9-6-12-27(29(31)32)13-7-10-24(5)15-16-26(23(3)4)17-18-28(30(33)34)14-8-11-25-19-20-35-21-25/h9,13-15,19-21,26H,3,6-8,10-12,16-18H2,1-2,4-5H3,(H,31,32)(H,33,34)/t26-/m0/s1. The summed E-state index contributed by atoms with van der Waals surface area (Å²) in [5, 5.41) is 19.0. The molecule has 1 aromatic rings. The average molecular weight is 483 g/mol. The molecule has 0 aliphatic rings. The molecule has 5 nitrogen and oxygen atoms in total. The molecule has 0 aliphatic carbocycles. The Bertz CT molecular complexity index is 937. The smallest absolute Gasteiger partial charge is 0.331 e. The molecule has 192 valence electrons. The van der Waals surface area contributed by atoms with Crippen molar-refractivity contribution in [2.45, 2.75) is 85.5 Å². The number of hydrogen-bond acceptors (Lipinski definition) is 3. The van der Waals surface area contributed by atoms with Gasteiger partial charge in [-0.3, -0.25) is 0 Å². The number of carboxylic acid groups (broad SMARTS) is 2. The van der Waals surface area contributed by atoms with E-state index >= 15 is 0 Å². The minimum absolute atomic E-state index is 0.204. The fourth-order valence-corrected chi connectivity index (χ4v) is 3.77. The van der Waals surface area contributed by atoms with Crippen LogP contribution in [0.5, 0.6) is 0 Å². The second-order valence-corrected chi connectivity index (χ2v) is 9.47. The fraction of sp³-hybridized carbons (Fsp3) is 0.467. The van der Waals surface area contributed by atoms with E-state index in [2.05, 4.69) is 25.7 Å². The van der Waals surface area contributed by atoms with Gasteiger partial charge in [0.25, 0.3) is 0 Å². The second-order valence-electron chi connectivity index (χ2n) is 9.47. The second kappa shape index (κ2) is 16.5. The van der Waals surface area contributed by atoms with Crippen molar-refractivity contribution in [3.05, 3.63) is 82.9 Å². The molecule has 0 aromatic carbocycles. The van der Waals surface area contributed by atoms with Crippen LogP contribution in [0.25, 0.3) is 0 Å². The largest absolute Gasteiger partial charge is 0.478 e. The highest BCUT2D eigenvalue weighted by Gasteiger charge is 2.13. The third-order valence-corrected chi connectivity index (χ3v) is 6.06. The van der Waals surface area contributed by atoms with E-state index in [4.69, 9.17) is 4.42 Å². The zero-order chi connectivity index (χ0) is 26.2. The Morgan fingerprint density at radius 3 is 2.11 bits per heavy atom. The van der Waals surface area contributed by atoms with Gasteiger partial charge in [0.2, 0.25) is 0 Å². The number of rotatable bonds is 17. The SMILES string of the molecule is C=C(C)[C@@H](CC=C(C)CCC=C(CCC=C(C)C)C(=O)O)CCC(=CCCc1ccoc1)C(=O)O. The van der Waals surface area contributed by atoms with Crippen molar-refractivity contribution in [2.24, 2.45) is 5.92 Å². The van der Waals surface area contributed by atoms with E-state index < -0.39 is 11.9 Å². The van der Waals surface area contributed by atoms with E-state index in [0.29, 0.717) is 36.8 Å². The molecule has 0 bridgehead atoms. The molecule has 0 radical (unpaired) electrons. The summed E-state index contributed by atoms with van der Waals surface area (Å²) in [4.78, 5) is 23.2. The number of carboxylic acids is 2. The predicted octanol–water partition coefficient (Wildman–Crippen LogP) is 8.07. The van der Waals surface area contributed by atoms with Crippen molar-refractivity contribution in [3.63, 3.8) is 0 Å². The lowest BCUT2D eigenvalue weighted by Gasteiger charge is -2.16. The van der Waals surface area contributed by atoms with Gasteiger partial charge in [-0.1, -0.05) is 47.6 Å². The lowest BCUT2D eigenvalue weighted by atomic mass is 9.89. The van der Waals surface area contributed by atoms with Gasteiger partial charge in [0, 0.05) is 11.1 Å². The lowest BCUT2D eigenvalue weighted by Crippen LogP contribution is -2.06. The molecule has 2 N–H and O–H groups in total. The zero-order valence-electron chi connectivity index (χ0n) is 21.8. The molecule has 1 aromatic heterocycles. The summed E-state index contributed by atoms with van der Waals surface area (Å²) >= 11 is 0. The molecule has 0 saturated heterocycles. The van der Waals surface area contributed by atoms with Crippen LogP contribution in [0.2, 0.25) is 0 Å². The fourth-order valence-electron chi connectivity index (χ4n) is 3.77. The minimum atomic E-state index is -0.866. The molecular formula is C30H42O5. The third kappa shape index (κ3) is 13.4. The van der Waals surface area contributed by atoms with Gasteiger partial charge in [0.1, 0.15) is 0 Å². The van der Waals surface area contributed by atoms with Crippen molar-refractivity contribution >= 4 is 11.9 Å². The van der Waals surface area contributed by atoms with Crippen LogP contribution in [-0.2, 0) is 16.0 Å². The van der Waals surface area contributed by atoms with Crippen molar-refractivity contribution < 1.29 is 24.2 Å². The van der Waals surface area contributed by atoms with Crippen LogP contribution < -0.4 is 0 Å². The average Bonchev–Trinajstić information content (AvgIpc) is 3.29. The van der Waals surface area contributed by atoms with Crippen LogP contribution in [0.3, 0.4) is 0 Å². The van der Waals surface area contributed by atoms with E-state index in [0.717, 1.165) is 43.2 Å². The van der Waals surface area contributed by atoms with Gasteiger partial charge in [-0.05, 0) is 103 Å². The van der Waals surface area contributed by atoms with Crippen LogP contribution >= 0.6 is 0 Å². The molecule has 0 fully saturated rings. The Labute approximate surface area is 210 Å². The molecule has 1 heterocycles. The van der Waals surface area contributed by atoms with E-state index in [9.17, 15) is 19.8 Å². The first kappa shape index (κ1) is 30.0. The summed E-state index contributed by atoms with van der Waals surface area (Å²) in [6.07, 6.45) is 17.4. The molecule has 1 rings (SSSR count). The van der Waals surface area contributed by atoms with Gasteiger partial charge in [-0.15, -0.1) is 0 Å². The predicted molar refractivity (Wildman–Crippen MR) is 142 cm³/mol. The monoisotopic (exact) mass is 482 g/mol. The molecule has 5 heteroatoms. The summed E-state index contributed by atoms with van der Waals surface area (Å²) in [6, 6.07) is 1.89. The van der Waals surface area contributed by atoms with Gasteiger partial charge < -0.3 is 14.6 Å². The number of hydrogen-bond donors (Lipinski definition) is 2. The van der Waals surface area contributed by atoms with Gasteiger partial charge in [0.05, 0.1) is 12.5 Å². The molecule has 0 saturated carbocycles. The van der Waals surface area contributed by atoms with Crippen molar-refractivity contribution in [3.8, 4) is 0 Å². The molecule has 0 amide bonds. The molecule has 0 unspecified atom stereocenters. The summed E-state index contributed by atoms with van der Waals surface area (Å²) in [6.45, 7) is 12.2. The van der Waals surface area contributed by atoms with Gasteiger partial charge in [0.15, 0.2) is 0 Å². The topological polar surface area (TPSA) is 87.7 Å². The first-order chi connectivity index (χ1) is 16.6. The van der Waals surface area contributed by atoms with Gasteiger partial charge in [-0.2, -0.15) is 0 Å². The maximum absolute atomic E-state index is 11.7. The highest BCUT2D eigenvalue weighted by molar-refractivity contribution is 5.86. The Morgan fingerprint density at radius 2 is 1.54 bits per heavy atom. The maximum Gasteiger partial charge on any atom is 0.331 e. The summed E-state index contributed by atoms with van der Waals surface area (Å²) in [7, 11) is 0. The molecule has 1 atom stereocenters. The van der Waals surface area contributed by atoms with E-state index in [1.807, 2.05) is 39.0 Å². The zero-order valence-corrected chi connectivity index (χ0v) is 21.8. The highest BCUT2D eigenvalue weighted by atomic mass is 16.4. The Hall–Kier alpha value is -3.08. The number of allylic oxidation sites excluding steroid dienone is 7. The molecule has 35 heavy (non-hydrogen) atoms. The van der Waals surface area contributed by atoms with Crippen LogP contribution in [0.1, 0.15) is 84.6 Å². The minimum Gasteiger partial charge on any atom is -0.478 e. The normalized spacial score (nSPS) is 13.4. The van der Waals surface area contributed by atoms with Crippen LogP contribution in [0, 0.1) is 5.92 Å². The highest BCUT2D eigenvalue weighted by Crippen LogP contribution is 2.24. The molecule has 0 spiro atoms. The van der Waals surface area contributed by atoms with Crippen molar-refractivity contribution in [1.29, 1.82) is 0 Å². The summed E-state index contributed by atoms with van der Waals surface area (Å²) in [5.74, 6) is -1.51. The van der Waals surface area contributed by atoms with Crippen molar-refractivity contribution in [2.75, 3.05) is 0 Å². The number of furan rings is 1. The lowest BCUT2D eigenvalue weighted by molar-refractivity contribution is -0.133. The van der Waals surface area contributed by atoms with E-state index in [-0.39, 0.29) is 5.92 Å². The first-order valence-electron chi connectivity index (χ1n) is 12.4. The van der Waals surface area contributed by atoms with Crippen LogP contribution in [0.4, 0.5) is 0 Å². The Balaban J connectivity index is 2.61. The van der Waals surface area contributed by atoms with Crippen LogP contribution in [-0.4, -0.2) is 22.2 Å². The third-order valence-electron chi connectivity index (χ3n) is 6.06. The number of carbonyl (C=O) groups is 2. The number of aryl methyl sites for hydroxylation is 1. The van der Waals surface area contributed by atoms with Crippen LogP contribution in [0.15, 0.2) is 81.8 Å². The molecular weight excluding hydrogens is 440 g/mol. The Morgan fingerprint density at radius 1 is 0.914 bits per heavy atom. The quantitative estimate of drug-likeness (QED) is 0.173. The molecule has 0 aliphatic heterocycles. The van der Waals surface area contributed by atoms with Gasteiger partial charge in [-0.25, -0.2) is 9.59 Å². The van der Waals surface area contributed by atoms with Gasteiger partial charge >= 0.3 is 11.9 Å². The van der Waals surface area contributed by atoms with E-state index in [1.165, 1.54) is 11.1 Å². The van der Waals surface area contributed by atoms with Crippen molar-refractivity contribution in [1.82, 2.24) is 0 Å². The van der Waals surface area contributed by atoms with E-state index in [1.54, 1.807) is 12.5 Å². The number of aliphatic carboxylic acids is 2. The summed E-state index contributed by atoms with van der Waals surface area (Å²) in [5.41, 5.74) is 5.42.